The van der Waals surface area contributed by atoms with Crippen LogP contribution in [0.15, 0.2) is 47.5 Å². The molecule has 0 aliphatic carbocycles. The van der Waals surface area contributed by atoms with Crippen LogP contribution < -0.4 is 0 Å². The maximum absolute atomic E-state index is 14.3. The molecule has 1 aliphatic heterocycles. The van der Waals surface area contributed by atoms with Crippen LogP contribution in [0, 0.1) is 5.82 Å². The number of pyridine rings is 1. The van der Waals surface area contributed by atoms with Crippen LogP contribution >= 0.6 is 0 Å². The van der Waals surface area contributed by atoms with E-state index in [0.717, 1.165) is 5.69 Å². The highest BCUT2D eigenvalue weighted by Crippen LogP contribution is 2.34. The Bertz CT molecular complexity index is 1460. The van der Waals surface area contributed by atoms with Gasteiger partial charge in [-0.1, -0.05) is 0 Å². The summed E-state index contributed by atoms with van der Waals surface area (Å²) >= 11 is 0. The number of carbonyl (C=O) groups excluding carboxylic acids is 1. The molecule has 11 nitrogen and oxygen atoms in total. The number of hydrogen-bond acceptors (Lipinski definition) is 7. The van der Waals surface area contributed by atoms with Crippen LogP contribution in [0.4, 0.5) is 4.39 Å². The van der Waals surface area contributed by atoms with Gasteiger partial charge in [-0.15, -0.1) is 10.2 Å². The minimum atomic E-state index is -0.634. The van der Waals surface area contributed by atoms with Crippen molar-refractivity contribution in [2.45, 2.75) is 12.5 Å². The highest BCUT2D eigenvalue weighted by molar-refractivity contribution is 5.90. The summed E-state index contributed by atoms with van der Waals surface area (Å²) in [6, 6.07) is 3.92. The first-order chi connectivity index (χ1) is 15.6. The molecule has 1 unspecified atom stereocenters. The van der Waals surface area contributed by atoms with Crippen molar-refractivity contribution in [3.05, 3.63) is 71.9 Å². The van der Waals surface area contributed by atoms with Crippen molar-refractivity contribution in [1.29, 1.82) is 0 Å². The fourth-order valence-corrected chi connectivity index (χ4v) is 4.01. The molecule has 0 fully saturated rings. The lowest BCUT2D eigenvalue weighted by atomic mass is 9.99. The first kappa shape index (κ1) is 18.4. The van der Waals surface area contributed by atoms with Crippen molar-refractivity contribution < 1.29 is 13.6 Å². The summed E-state index contributed by atoms with van der Waals surface area (Å²) in [5, 5.41) is 16.5. The van der Waals surface area contributed by atoms with Gasteiger partial charge in [0.1, 0.15) is 17.4 Å². The monoisotopic (exact) mass is 433 g/mol. The van der Waals surface area contributed by atoms with E-state index in [2.05, 4.69) is 30.4 Å². The van der Waals surface area contributed by atoms with Gasteiger partial charge in [0.15, 0.2) is 0 Å². The van der Waals surface area contributed by atoms with E-state index < -0.39 is 17.8 Å². The molecule has 0 saturated heterocycles. The molecule has 0 bridgehead atoms. The summed E-state index contributed by atoms with van der Waals surface area (Å²) in [6.07, 6.45) is 7.10. The zero-order chi connectivity index (χ0) is 21.8. The molecule has 1 N–H and O–H groups in total. The van der Waals surface area contributed by atoms with Gasteiger partial charge in [0.2, 0.25) is 0 Å². The van der Waals surface area contributed by atoms with E-state index in [4.69, 9.17) is 4.42 Å². The van der Waals surface area contributed by atoms with Crippen LogP contribution in [0.25, 0.3) is 17.0 Å². The lowest BCUT2D eigenvalue weighted by molar-refractivity contribution is 0.0646. The number of amides is 1. The standard InChI is InChI=1S/C20H16FN9O2/c1-28-9-11(8-24-28)18-25-26-19(32-18)20(31)29-6-4-13-16(23-10-22-13)17(29)14-7-15-12(21)3-2-5-30(15)27-14/h2-3,5,7-10,17H,4,6H2,1H3,(H,22,23). The number of hydrogen-bond donors (Lipinski definition) is 1. The molecule has 0 spiro atoms. The van der Waals surface area contributed by atoms with Crippen LogP contribution in [0.1, 0.15) is 33.8 Å². The topological polar surface area (TPSA) is 123 Å². The Hall–Kier alpha value is -4.35. The normalized spacial score (nSPS) is 15.9. The van der Waals surface area contributed by atoms with E-state index in [1.165, 1.54) is 10.6 Å². The first-order valence-corrected chi connectivity index (χ1v) is 9.88. The van der Waals surface area contributed by atoms with Crippen molar-refractivity contribution in [3.63, 3.8) is 0 Å². The summed E-state index contributed by atoms with van der Waals surface area (Å²) in [7, 11) is 1.77. The van der Waals surface area contributed by atoms with Crippen LogP contribution in [0.2, 0.25) is 0 Å². The molecule has 5 aromatic heterocycles. The molecule has 160 valence electrons. The Morgan fingerprint density at radius 1 is 1.34 bits per heavy atom. The van der Waals surface area contributed by atoms with E-state index in [9.17, 15) is 9.18 Å². The highest BCUT2D eigenvalue weighted by atomic mass is 19.1. The van der Waals surface area contributed by atoms with Crippen LogP contribution in [-0.2, 0) is 13.5 Å². The number of rotatable bonds is 3. The molecular weight excluding hydrogens is 417 g/mol. The molecule has 5 aromatic rings. The molecule has 1 amide bonds. The number of nitrogens with zero attached hydrogens (tertiary/aromatic N) is 8. The molecular formula is C20H16FN9O2. The van der Waals surface area contributed by atoms with E-state index in [1.54, 1.807) is 53.7 Å². The summed E-state index contributed by atoms with van der Waals surface area (Å²) in [4.78, 5) is 22.5. The molecule has 1 aliphatic rings. The Morgan fingerprint density at radius 3 is 3.06 bits per heavy atom. The second-order valence-electron chi connectivity index (χ2n) is 7.49. The van der Waals surface area contributed by atoms with Gasteiger partial charge in [-0.2, -0.15) is 10.2 Å². The number of halogens is 1. The summed E-state index contributed by atoms with van der Waals surface area (Å²) < 4.78 is 23.0. The van der Waals surface area contributed by atoms with Gasteiger partial charge in [0.05, 0.1) is 29.5 Å². The van der Waals surface area contributed by atoms with Gasteiger partial charge in [-0.05, 0) is 18.2 Å². The summed E-state index contributed by atoms with van der Waals surface area (Å²) in [5.74, 6) is -0.808. The number of H-pyrrole nitrogens is 1. The van der Waals surface area contributed by atoms with Crippen LogP contribution in [0.3, 0.4) is 0 Å². The summed E-state index contributed by atoms with van der Waals surface area (Å²) in [5.41, 5.74) is 2.97. The second kappa shape index (κ2) is 6.83. The van der Waals surface area contributed by atoms with E-state index in [-0.39, 0.29) is 11.8 Å². The molecule has 1 atom stereocenters. The third-order valence-electron chi connectivity index (χ3n) is 5.49. The predicted octanol–water partition coefficient (Wildman–Crippen LogP) is 1.77. The van der Waals surface area contributed by atoms with Crippen molar-refractivity contribution >= 4 is 11.4 Å². The quantitative estimate of drug-likeness (QED) is 0.460. The molecule has 0 saturated carbocycles. The second-order valence-corrected chi connectivity index (χ2v) is 7.49. The number of carbonyl (C=O) groups is 1. The van der Waals surface area contributed by atoms with Gasteiger partial charge in [0, 0.05) is 38.1 Å². The lowest BCUT2D eigenvalue weighted by Gasteiger charge is -2.32. The average Bonchev–Trinajstić information content (AvgIpc) is 3.57. The largest absolute Gasteiger partial charge is 0.412 e. The van der Waals surface area contributed by atoms with Crippen LogP contribution in [-0.4, -0.2) is 56.9 Å². The van der Waals surface area contributed by atoms with Crippen molar-refractivity contribution in [2.75, 3.05) is 6.54 Å². The van der Waals surface area contributed by atoms with Gasteiger partial charge in [-0.3, -0.25) is 9.48 Å². The Balaban J connectivity index is 1.41. The van der Waals surface area contributed by atoms with Gasteiger partial charge in [-0.25, -0.2) is 13.9 Å². The number of aromatic amines is 1. The lowest BCUT2D eigenvalue weighted by Crippen LogP contribution is -2.41. The molecule has 0 radical (unpaired) electrons. The van der Waals surface area contributed by atoms with Crippen LogP contribution in [0.5, 0.6) is 0 Å². The van der Waals surface area contributed by atoms with Crippen molar-refractivity contribution in [1.82, 2.24) is 44.5 Å². The zero-order valence-electron chi connectivity index (χ0n) is 16.8. The third-order valence-corrected chi connectivity index (χ3v) is 5.49. The van der Waals surface area contributed by atoms with E-state index in [1.807, 2.05) is 0 Å². The van der Waals surface area contributed by atoms with E-state index in [0.29, 0.717) is 35.4 Å². The highest BCUT2D eigenvalue weighted by Gasteiger charge is 2.38. The Labute approximate surface area is 179 Å². The fourth-order valence-electron chi connectivity index (χ4n) is 4.01. The number of imidazole rings is 1. The predicted molar refractivity (Wildman–Crippen MR) is 107 cm³/mol. The molecule has 6 heterocycles. The van der Waals surface area contributed by atoms with E-state index >= 15 is 0 Å². The van der Waals surface area contributed by atoms with Gasteiger partial charge >= 0.3 is 11.8 Å². The molecule has 0 aromatic carbocycles. The maximum atomic E-state index is 14.3. The number of nitrogens with one attached hydrogen (secondary N) is 1. The minimum Gasteiger partial charge on any atom is -0.412 e. The Morgan fingerprint density at radius 2 is 2.25 bits per heavy atom. The number of aryl methyl sites for hydroxylation is 1. The average molecular weight is 433 g/mol. The molecule has 6 rings (SSSR count). The van der Waals surface area contributed by atoms with Crippen molar-refractivity contribution in [2.24, 2.45) is 7.05 Å². The van der Waals surface area contributed by atoms with Gasteiger partial charge in [0.25, 0.3) is 5.89 Å². The Kier molecular flexibility index (Phi) is 3.93. The third kappa shape index (κ3) is 2.80. The van der Waals surface area contributed by atoms with Crippen molar-refractivity contribution in [3.8, 4) is 11.5 Å². The molecule has 12 heteroatoms. The number of fused-ring (bicyclic) bond motifs is 2. The fraction of sp³-hybridized carbons (Fsp3) is 0.200. The smallest absolute Gasteiger partial charge is 0.312 e. The first-order valence-electron chi connectivity index (χ1n) is 9.88. The SMILES string of the molecule is Cn1cc(-c2nnc(C(=O)N3CCc4[nH]cnc4C3c3cc4c(F)cccn4n3)o2)cn1. The number of aromatic nitrogens is 8. The maximum Gasteiger partial charge on any atom is 0.312 e. The summed E-state index contributed by atoms with van der Waals surface area (Å²) in [6.45, 7) is 0.375. The zero-order valence-corrected chi connectivity index (χ0v) is 16.8. The minimum absolute atomic E-state index is 0.150. The molecule has 32 heavy (non-hydrogen) atoms. The van der Waals surface area contributed by atoms with Gasteiger partial charge < -0.3 is 14.3 Å².